The summed E-state index contributed by atoms with van der Waals surface area (Å²) in [7, 11) is 0. The molecular formula is C12H12N2O2. The summed E-state index contributed by atoms with van der Waals surface area (Å²) in [5.41, 5.74) is 1.56. The van der Waals surface area contributed by atoms with Crippen LogP contribution in [0, 0.1) is 6.92 Å². The van der Waals surface area contributed by atoms with Crippen molar-refractivity contribution in [3.05, 3.63) is 47.7 Å². The van der Waals surface area contributed by atoms with Crippen LogP contribution < -0.4 is 4.74 Å². The van der Waals surface area contributed by atoms with Crippen LogP contribution in [0.15, 0.2) is 36.4 Å². The largest absolute Gasteiger partial charge is 0.437 e. The molecule has 1 N–H and O–H groups in total. The molecular weight excluding hydrogens is 204 g/mol. The van der Waals surface area contributed by atoms with Crippen LogP contribution in [0.1, 0.15) is 11.3 Å². The van der Waals surface area contributed by atoms with Gasteiger partial charge in [0.1, 0.15) is 5.75 Å². The lowest BCUT2D eigenvalue weighted by Gasteiger charge is -2.07. The molecule has 0 aliphatic carbocycles. The third kappa shape index (κ3) is 2.35. The van der Waals surface area contributed by atoms with Gasteiger partial charge < -0.3 is 9.84 Å². The molecule has 0 bridgehead atoms. The molecule has 1 aromatic heterocycles. The van der Waals surface area contributed by atoms with Gasteiger partial charge in [0.25, 0.3) is 0 Å². The van der Waals surface area contributed by atoms with E-state index in [0.29, 0.717) is 11.6 Å². The Bertz CT molecular complexity index is 469. The molecule has 16 heavy (non-hydrogen) atoms. The first-order valence-corrected chi connectivity index (χ1v) is 4.96. The van der Waals surface area contributed by atoms with Gasteiger partial charge in [0.15, 0.2) is 0 Å². The van der Waals surface area contributed by atoms with Crippen molar-refractivity contribution in [2.75, 3.05) is 0 Å². The standard InChI is InChI=1S/C12H12N2O2/c1-9-6-7-12(14-13-9)16-11-5-3-2-4-10(11)8-15/h2-7,15H,8H2,1H3. The number of rotatable bonds is 3. The highest BCUT2D eigenvalue weighted by atomic mass is 16.5. The summed E-state index contributed by atoms with van der Waals surface area (Å²) in [6.45, 7) is 1.80. The van der Waals surface area contributed by atoms with Gasteiger partial charge in [-0.05, 0) is 19.1 Å². The van der Waals surface area contributed by atoms with Gasteiger partial charge in [0.2, 0.25) is 5.88 Å². The van der Waals surface area contributed by atoms with Crippen molar-refractivity contribution in [3.8, 4) is 11.6 Å². The second-order valence-corrected chi connectivity index (χ2v) is 3.38. The first-order chi connectivity index (χ1) is 7.79. The first kappa shape index (κ1) is 10.6. The highest BCUT2D eigenvalue weighted by Gasteiger charge is 2.03. The Hall–Kier alpha value is -1.94. The summed E-state index contributed by atoms with van der Waals surface area (Å²) in [6, 6.07) is 10.8. The molecule has 4 nitrogen and oxygen atoms in total. The molecule has 0 fully saturated rings. The molecule has 0 aliphatic rings. The monoisotopic (exact) mass is 216 g/mol. The van der Waals surface area contributed by atoms with Gasteiger partial charge in [0, 0.05) is 11.6 Å². The topological polar surface area (TPSA) is 55.2 Å². The molecule has 0 spiro atoms. The van der Waals surface area contributed by atoms with E-state index in [9.17, 15) is 0 Å². The number of hydrogen-bond acceptors (Lipinski definition) is 4. The van der Waals surface area contributed by atoms with E-state index in [1.165, 1.54) is 0 Å². The lowest BCUT2D eigenvalue weighted by molar-refractivity contribution is 0.276. The fraction of sp³-hybridized carbons (Fsp3) is 0.167. The fourth-order valence-electron chi connectivity index (χ4n) is 1.29. The average Bonchev–Trinajstić information content (AvgIpc) is 2.33. The third-order valence-electron chi connectivity index (χ3n) is 2.13. The highest BCUT2D eigenvalue weighted by Crippen LogP contribution is 2.23. The molecule has 0 saturated heterocycles. The second kappa shape index (κ2) is 4.72. The molecule has 0 radical (unpaired) electrons. The maximum absolute atomic E-state index is 9.12. The van der Waals surface area contributed by atoms with Crippen LogP contribution >= 0.6 is 0 Å². The van der Waals surface area contributed by atoms with Crippen molar-refractivity contribution in [3.63, 3.8) is 0 Å². The third-order valence-corrected chi connectivity index (χ3v) is 2.13. The Morgan fingerprint density at radius 1 is 1.12 bits per heavy atom. The van der Waals surface area contributed by atoms with Crippen molar-refractivity contribution in [2.45, 2.75) is 13.5 Å². The van der Waals surface area contributed by atoms with Crippen LogP contribution in [-0.4, -0.2) is 15.3 Å². The van der Waals surface area contributed by atoms with E-state index in [1.54, 1.807) is 18.2 Å². The maximum atomic E-state index is 9.12. The summed E-state index contributed by atoms with van der Waals surface area (Å²) in [4.78, 5) is 0. The molecule has 0 atom stereocenters. The number of hydrogen-bond donors (Lipinski definition) is 1. The smallest absolute Gasteiger partial charge is 0.238 e. The number of benzene rings is 1. The van der Waals surface area contributed by atoms with Gasteiger partial charge in [-0.25, -0.2) is 0 Å². The summed E-state index contributed by atoms with van der Waals surface area (Å²) in [5.74, 6) is 1.02. The van der Waals surface area contributed by atoms with Crippen LogP contribution in [0.5, 0.6) is 11.6 Å². The van der Waals surface area contributed by atoms with E-state index in [1.807, 2.05) is 25.1 Å². The Labute approximate surface area is 93.5 Å². The Kier molecular flexibility index (Phi) is 3.12. The minimum Gasteiger partial charge on any atom is -0.437 e. The summed E-state index contributed by atoms with van der Waals surface area (Å²) >= 11 is 0. The quantitative estimate of drug-likeness (QED) is 0.853. The van der Waals surface area contributed by atoms with Gasteiger partial charge >= 0.3 is 0 Å². The summed E-state index contributed by atoms with van der Waals surface area (Å²) in [5, 5.41) is 16.9. The van der Waals surface area contributed by atoms with Crippen LogP contribution in [0.4, 0.5) is 0 Å². The number of aromatic nitrogens is 2. The molecule has 2 aromatic rings. The number of aliphatic hydroxyl groups is 1. The Balaban J connectivity index is 2.23. The van der Waals surface area contributed by atoms with Crippen LogP contribution in [-0.2, 0) is 6.61 Å². The van der Waals surface area contributed by atoms with Crippen molar-refractivity contribution >= 4 is 0 Å². The normalized spacial score (nSPS) is 10.1. The number of ether oxygens (including phenoxy) is 1. The van der Waals surface area contributed by atoms with Crippen LogP contribution in [0.2, 0.25) is 0 Å². The van der Waals surface area contributed by atoms with E-state index in [0.717, 1.165) is 11.3 Å². The number of aryl methyl sites for hydroxylation is 1. The van der Waals surface area contributed by atoms with E-state index >= 15 is 0 Å². The molecule has 82 valence electrons. The fourth-order valence-corrected chi connectivity index (χ4v) is 1.29. The van der Waals surface area contributed by atoms with Gasteiger partial charge in [-0.2, -0.15) is 5.10 Å². The number of nitrogens with zero attached hydrogens (tertiary/aromatic N) is 2. The number of para-hydroxylation sites is 1. The lowest BCUT2D eigenvalue weighted by atomic mass is 10.2. The van der Waals surface area contributed by atoms with Crippen molar-refractivity contribution in [1.29, 1.82) is 0 Å². The Morgan fingerprint density at radius 3 is 2.62 bits per heavy atom. The van der Waals surface area contributed by atoms with Crippen molar-refractivity contribution in [2.24, 2.45) is 0 Å². The zero-order valence-corrected chi connectivity index (χ0v) is 8.92. The van der Waals surface area contributed by atoms with Gasteiger partial charge in [0.05, 0.1) is 12.3 Å². The number of aliphatic hydroxyl groups excluding tert-OH is 1. The molecule has 0 aliphatic heterocycles. The van der Waals surface area contributed by atoms with E-state index < -0.39 is 0 Å². The zero-order chi connectivity index (χ0) is 11.4. The molecule has 1 aromatic carbocycles. The minimum atomic E-state index is -0.0601. The van der Waals surface area contributed by atoms with E-state index in [-0.39, 0.29) is 6.61 Å². The van der Waals surface area contributed by atoms with Gasteiger partial charge in [-0.3, -0.25) is 0 Å². The van der Waals surface area contributed by atoms with Gasteiger partial charge in [-0.1, -0.05) is 18.2 Å². The zero-order valence-electron chi connectivity index (χ0n) is 8.92. The predicted octanol–water partition coefficient (Wildman–Crippen LogP) is 2.07. The average molecular weight is 216 g/mol. The van der Waals surface area contributed by atoms with Gasteiger partial charge in [-0.15, -0.1) is 5.10 Å². The SMILES string of the molecule is Cc1ccc(Oc2ccccc2CO)nn1. The Morgan fingerprint density at radius 2 is 1.94 bits per heavy atom. The second-order valence-electron chi connectivity index (χ2n) is 3.38. The minimum absolute atomic E-state index is 0.0601. The predicted molar refractivity (Wildman–Crippen MR) is 59.2 cm³/mol. The molecule has 0 amide bonds. The molecule has 1 heterocycles. The molecule has 0 saturated carbocycles. The van der Waals surface area contributed by atoms with E-state index in [4.69, 9.17) is 9.84 Å². The highest BCUT2D eigenvalue weighted by molar-refractivity contribution is 5.35. The molecule has 0 unspecified atom stereocenters. The maximum Gasteiger partial charge on any atom is 0.238 e. The molecule has 2 rings (SSSR count). The lowest BCUT2D eigenvalue weighted by Crippen LogP contribution is -1.95. The van der Waals surface area contributed by atoms with Crippen LogP contribution in [0.3, 0.4) is 0 Å². The van der Waals surface area contributed by atoms with Crippen molar-refractivity contribution in [1.82, 2.24) is 10.2 Å². The van der Waals surface area contributed by atoms with Crippen LogP contribution in [0.25, 0.3) is 0 Å². The summed E-state index contributed by atoms with van der Waals surface area (Å²) < 4.78 is 5.52. The molecule has 4 heteroatoms. The first-order valence-electron chi connectivity index (χ1n) is 4.96. The van der Waals surface area contributed by atoms with Crippen molar-refractivity contribution < 1.29 is 9.84 Å². The summed E-state index contributed by atoms with van der Waals surface area (Å²) in [6.07, 6.45) is 0. The van der Waals surface area contributed by atoms with E-state index in [2.05, 4.69) is 10.2 Å².